The van der Waals surface area contributed by atoms with Crippen LogP contribution >= 0.6 is 11.8 Å². The minimum Gasteiger partial charge on any atom is -0.496 e. The topological polar surface area (TPSA) is 98.6 Å². The molecule has 0 unspecified atom stereocenters. The molecule has 1 amide bonds. The Morgan fingerprint density at radius 3 is 2.61 bits per heavy atom. The number of esters is 1. The second-order valence-electron chi connectivity index (χ2n) is 5.49. The summed E-state index contributed by atoms with van der Waals surface area (Å²) in [6, 6.07) is 11.8. The zero-order chi connectivity index (χ0) is 19.9. The van der Waals surface area contributed by atoms with Crippen LogP contribution in [0.4, 0.5) is 0 Å². The highest BCUT2D eigenvalue weighted by Crippen LogP contribution is 2.29. The largest absolute Gasteiger partial charge is 0.496 e. The van der Waals surface area contributed by atoms with E-state index in [1.54, 1.807) is 42.5 Å². The Morgan fingerprint density at radius 1 is 1.11 bits per heavy atom. The van der Waals surface area contributed by atoms with Gasteiger partial charge in [-0.25, -0.2) is 4.79 Å². The lowest BCUT2D eigenvalue weighted by Gasteiger charge is -2.11. The number of carbonyl (C=O) groups is 2. The van der Waals surface area contributed by atoms with Crippen molar-refractivity contribution in [3.8, 4) is 17.2 Å². The van der Waals surface area contributed by atoms with Crippen molar-refractivity contribution in [3.05, 3.63) is 53.6 Å². The van der Waals surface area contributed by atoms with Gasteiger partial charge in [0.2, 0.25) is 5.91 Å². The average Bonchev–Trinajstić information content (AvgIpc) is 3.13. The van der Waals surface area contributed by atoms with Crippen LogP contribution < -0.4 is 19.5 Å². The first-order chi connectivity index (χ1) is 13.6. The second kappa shape index (κ2) is 9.05. The lowest BCUT2D eigenvalue weighted by atomic mass is 10.2. The highest BCUT2D eigenvalue weighted by molar-refractivity contribution is 8.15. The van der Waals surface area contributed by atoms with E-state index in [1.807, 2.05) is 0 Å². The van der Waals surface area contributed by atoms with Gasteiger partial charge in [0.05, 0.1) is 26.2 Å². The van der Waals surface area contributed by atoms with E-state index in [1.165, 1.54) is 32.2 Å². The molecule has 0 atom stereocenters. The zero-order valence-corrected chi connectivity index (χ0v) is 16.0. The molecule has 1 heterocycles. The molecule has 0 bridgehead atoms. The van der Waals surface area contributed by atoms with Crippen molar-refractivity contribution in [1.82, 2.24) is 5.32 Å². The number of nitrogens with one attached hydrogen (secondary N) is 1. The van der Waals surface area contributed by atoms with E-state index >= 15 is 0 Å². The van der Waals surface area contributed by atoms with Crippen molar-refractivity contribution in [2.24, 2.45) is 10.2 Å². The molecule has 144 valence electrons. The first kappa shape index (κ1) is 19.4. The van der Waals surface area contributed by atoms with Crippen molar-refractivity contribution in [2.45, 2.75) is 0 Å². The average molecular weight is 399 g/mol. The minimum absolute atomic E-state index is 0.0955. The number of amidine groups is 1. The normalized spacial score (nSPS) is 14.9. The lowest BCUT2D eigenvalue weighted by Crippen LogP contribution is -2.19. The summed E-state index contributed by atoms with van der Waals surface area (Å²) in [6.07, 6.45) is 1.51. The minimum atomic E-state index is -0.558. The fourth-order valence-corrected chi connectivity index (χ4v) is 2.97. The number of carbonyl (C=O) groups excluding carboxylic acids is 2. The molecule has 2 aromatic rings. The van der Waals surface area contributed by atoms with Gasteiger partial charge in [-0.15, -0.1) is 5.10 Å². The summed E-state index contributed by atoms with van der Waals surface area (Å²) in [5, 5.41) is 10.9. The number of nitrogens with zero attached hydrogens (tertiary/aromatic N) is 2. The van der Waals surface area contributed by atoms with Crippen LogP contribution in [0.15, 0.2) is 52.7 Å². The number of hydrogen-bond donors (Lipinski definition) is 1. The van der Waals surface area contributed by atoms with Crippen LogP contribution in [0, 0.1) is 0 Å². The van der Waals surface area contributed by atoms with Crippen molar-refractivity contribution < 1.29 is 23.8 Å². The van der Waals surface area contributed by atoms with Gasteiger partial charge in [0.1, 0.15) is 11.3 Å². The van der Waals surface area contributed by atoms with Gasteiger partial charge in [0.25, 0.3) is 0 Å². The molecule has 0 radical (unpaired) electrons. The Balaban J connectivity index is 1.74. The molecule has 0 aliphatic carbocycles. The van der Waals surface area contributed by atoms with Gasteiger partial charge in [0.15, 0.2) is 16.7 Å². The molecule has 0 saturated carbocycles. The summed E-state index contributed by atoms with van der Waals surface area (Å²) < 4.78 is 15.9. The highest BCUT2D eigenvalue weighted by Gasteiger charge is 2.17. The monoisotopic (exact) mass is 399 g/mol. The summed E-state index contributed by atoms with van der Waals surface area (Å²) in [5.74, 6) is 0.739. The quantitative estimate of drug-likeness (QED) is 0.347. The SMILES string of the molecule is COc1cc(/C=N\N=C2\NC(=O)CS2)ccc1OC(=O)c1ccccc1OC. The van der Waals surface area contributed by atoms with Crippen molar-refractivity contribution in [2.75, 3.05) is 20.0 Å². The number of thioether (sulfide) groups is 1. The molecule has 1 aliphatic rings. The Hall–Kier alpha value is -3.33. The predicted molar refractivity (Wildman–Crippen MR) is 107 cm³/mol. The number of ether oxygens (including phenoxy) is 3. The molecule has 1 aliphatic heterocycles. The number of amides is 1. The van der Waals surface area contributed by atoms with Gasteiger partial charge in [0, 0.05) is 0 Å². The highest BCUT2D eigenvalue weighted by atomic mass is 32.2. The molecule has 28 heavy (non-hydrogen) atoms. The van der Waals surface area contributed by atoms with Crippen molar-refractivity contribution in [3.63, 3.8) is 0 Å². The molecule has 9 heteroatoms. The predicted octanol–water partition coefficient (Wildman–Crippen LogP) is 2.48. The van der Waals surface area contributed by atoms with Crippen LogP contribution in [0.25, 0.3) is 0 Å². The Morgan fingerprint density at radius 2 is 1.89 bits per heavy atom. The standard InChI is InChI=1S/C19H17N3O5S/c1-25-14-6-4-3-5-13(14)18(24)27-15-8-7-12(9-16(15)26-2)10-20-22-19-21-17(23)11-28-19/h3-10H,11H2,1-2H3,(H,21,22,23)/b20-10-. The Kier molecular flexibility index (Phi) is 6.28. The fourth-order valence-electron chi connectivity index (χ4n) is 2.34. The molecule has 1 saturated heterocycles. The molecule has 2 aromatic carbocycles. The third kappa shape index (κ3) is 4.68. The molecule has 0 aromatic heterocycles. The second-order valence-corrected chi connectivity index (χ2v) is 6.45. The van der Waals surface area contributed by atoms with Crippen LogP contribution in [-0.2, 0) is 4.79 Å². The first-order valence-electron chi connectivity index (χ1n) is 8.17. The first-order valence-corrected chi connectivity index (χ1v) is 9.16. The summed E-state index contributed by atoms with van der Waals surface area (Å²) in [5.41, 5.74) is 0.997. The van der Waals surface area contributed by atoms with Crippen LogP contribution in [0.3, 0.4) is 0 Å². The van der Waals surface area contributed by atoms with E-state index in [0.717, 1.165) is 0 Å². The molecule has 3 rings (SSSR count). The van der Waals surface area contributed by atoms with Gasteiger partial charge < -0.3 is 19.5 Å². The fraction of sp³-hybridized carbons (Fsp3) is 0.158. The molecule has 1 N–H and O–H groups in total. The molecular formula is C19H17N3O5S. The number of benzene rings is 2. The maximum Gasteiger partial charge on any atom is 0.347 e. The molecular weight excluding hydrogens is 382 g/mol. The third-order valence-electron chi connectivity index (χ3n) is 3.66. The zero-order valence-electron chi connectivity index (χ0n) is 15.2. The molecule has 0 spiro atoms. The maximum absolute atomic E-state index is 12.5. The lowest BCUT2D eigenvalue weighted by molar-refractivity contribution is -0.116. The maximum atomic E-state index is 12.5. The Bertz CT molecular complexity index is 958. The van der Waals surface area contributed by atoms with E-state index in [2.05, 4.69) is 15.5 Å². The van der Waals surface area contributed by atoms with E-state index in [0.29, 0.717) is 33.5 Å². The smallest absolute Gasteiger partial charge is 0.347 e. The van der Waals surface area contributed by atoms with Crippen LogP contribution in [-0.4, -0.2) is 43.2 Å². The van der Waals surface area contributed by atoms with Crippen molar-refractivity contribution in [1.29, 1.82) is 0 Å². The van der Waals surface area contributed by atoms with E-state index in [9.17, 15) is 9.59 Å². The van der Waals surface area contributed by atoms with Crippen LogP contribution in [0.1, 0.15) is 15.9 Å². The Labute approximate surface area is 165 Å². The summed E-state index contributed by atoms with van der Waals surface area (Å²) in [7, 11) is 2.96. The van der Waals surface area contributed by atoms with Crippen LogP contribution in [0.5, 0.6) is 17.2 Å². The molecule has 8 nitrogen and oxygen atoms in total. The number of rotatable bonds is 6. The third-order valence-corrected chi connectivity index (χ3v) is 4.52. The van der Waals surface area contributed by atoms with Gasteiger partial charge in [-0.2, -0.15) is 5.10 Å². The van der Waals surface area contributed by atoms with E-state index in [-0.39, 0.29) is 11.7 Å². The number of para-hydroxylation sites is 1. The van der Waals surface area contributed by atoms with E-state index in [4.69, 9.17) is 14.2 Å². The van der Waals surface area contributed by atoms with Gasteiger partial charge >= 0.3 is 5.97 Å². The van der Waals surface area contributed by atoms with Crippen molar-refractivity contribution >= 4 is 35.0 Å². The van der Waals surface area contributed by atoms with E-state index < -0.39 is 5.97 Å². The summed E-state index contributed by atoms with van der Waals surface area (Å²) >= 11 is 1.29. The molecule has 1 fully saturated rings. The van der Waals surface area contributed by atoms with Crippen LogP contribution in [0.2, 0.25) is 0 Å². The summed E-state index contributed by atoms with van der Waals surface area (Å²) in [4.78, 5) is 23.6. The van der Waals surface area contributed by atoms with Gasteiger partial charge in [-0.3, -0.25) is 4.79 Å². The summed E-state index contributed by atoms with van der Waals surface area (Å²) in [6.45, 7) is 0. The number of hydrogen-bond acceptors (Lipinski definition) is 8. The number of methoxy groups -OCH3 is 2. The van der Waals surface area contributed by atoms with Gasteiger partial charge in [-0.1, -0.05) is 23.9 Å². The van der Waals surface area contributed by atoms with Gasteiger partial charge in [-0.05, 0) is 35.9 Å².